The van der Waals surface area contributed by atoms with Crippen LogP contribution in [0.1, 0.15) is 6.92 Å². The van der Waals surface area contributed by atoms with Crippen molar-refractivity contribution in [1.29, 1.82) is 0 Å². The van der Waals surface area contributed by atoms with E-state index in [0.717, 1.165) is 23.5 Å². The molecule has 0 atom stereocenters. The normalized spacial score (nSPS) is 10.8. The molecule has 0 spiro atoms. The minimum atomic E-state index is 0.828. The number of rotatable bonds is 3. The van der Waals surface area contributed by atoms with Gasteiger partial charge in [0.1, 0.15) is 6.54 Å². The van der Waals surface area contributed by atoms with Gasteiger partial charge in [-0.05, 0) is 36.8 Å². The summed E-state index contributed by atoms with van der Waals surface area (Å²) in [5.41, 5.74) is 4.71. The minimum Gasteiger partial charge on any atom is -0.236 e. The number of aromatic nitrogens is 2. The molecule has 0 aliphatic heterocycles. The van der Waals surface area contributed by atoms with Gasteiger partial charge in [-0.1, -0.05) is 36.9 Å². The van der Waals surface area contributed by atoms with Crippen molar-refractivity contribution in [1.82, 2.24) is 4.98 Å². The van der Waals surface area contributed by atoms with Crippen LogP contribution in [-0.4, -0.2) is 4.98 Å². The predicted octanol–water partition coefficient (Wildman–Crippen LogP) is 3.70. The number of hydrogen-bond acceptors (Lipinski definition) is 0. The van der Waals surface area contributed by atoms with Crippen molar-refractivity contribution >= 4 is 11.0 Å². The lowest BCUT2D eigenvalue weighted by Gasteiger charge is -2.01. The minimum absolute atomic E-state index is 0.828. The number of H-pyrrole nitrogens is 1. The highest BCUT2D eigenvalue weighted by atomic mass is 15.1. The van der Waals surface area contributed by atoms with Gasteiger partial charge in [0.2, 0.25) is 0 Å². The molecule has 1 heterocycles. The van der Waals surface area contributed by atoms with Crippen molar-refractivity contribution < 1.29 is 4.57 Å². The summed E-state index contributed by atoms with van der Waals surface area (Å²) in [6, 6.07) is 18.8. The first-order valence-corrected chi connectivity index (χ1v) is 6.46. The third-order valence-electron chi connectivity index (χ3n) is 3.19. The molecule has 0 saturated heterocycles. The van der Waals surface area contributed by atoms with Gasteiger partial charge in [0.05, 0.1) is 5.56 Å². The Balaban J connectivity index is 2.26. The largest absolute Gasteiger partial charge is 0.287 e. The number of para-hydroxylation sites is 2. The molecule has 1 N–H and O–H groups in total. The molecule has 0 amide bonds. The van der Waals surface area contributed by atoms with E-state index >= 15 is 0 Å². The van der Waals surface area contributed by atoms with Crippen LogP contribution in [0.4, 0.5) is 0 Å². The Kier molecular flexibility index (Phi) is 2.92. The molecule has 2 nitrogen and oxygen atoms in total. The third kappa shape index (κ3) is 2.17. The lowest BCUT2D eigenvalue weighted by molar-refractivity contribution is -0.651. The molecule has 2 aromatic carbocycles. The second-order valence-electron chi connectivity index (χ2n) is 4.90. The molecule has 0 unspecified atom stereocenters. The molecular weight excluding hydrogens is 232 g/mol. The number of aromatic amines is 1. The number of benzene rings is 2. The molecule has 19 heavy (non-hydrogen) atoms. The zero-order valence-electron chi connectivity index (χ0n) is 11.1. The molecule has 1 aromatic heterocycles. The molecule has 0 radical (unpaired) electrons. The van der Waals surface area contributed by atoms with E-state index in [4.69, 9.17) is 0 Å². The Morgan fingerprint density at radius 1 is 1.05 bits per heavy atom. The van der Waals surface area contributed by atoms with Gasteiger partial charge < -0.3 is 0 Å². The van der Waals surface area contributed by atoms with Crippen LogP contribution in [0.2, 0.25) is 0 Å². The SMILES string of the molecule is C=C(C)C[n+]1c(-c2ccccc2)[nH]c2ccccc21. The van der Waals surface area contributed by atoms with Crippen molar-refractivity contribution in [2.24, 2.45) is 0 Å². The number of hydrogen-bond donors (Lipinski definition) is 1. The number of nitrogens with zero attached hydrogens (tertiary/aromatic N) is 1. The van der Waals surface area contributed by atoms with E-state index in [1.807, 2.05) is 6.07 Å². The standard InChI is InChI=1S/C17H16N2/c1-13(2)12-19-16-11-7-6-10-15(16)18-17(19)14-8-4-3-5-9-14/h3-11H,1,12H2,2H3/p+1. The average molecular weight is 249 g/mol. The van der Waals surface area contributed by atoms with E-state index in [2.05, 4.69) is 71.6 Å². The molecule has 0 fully saturated rings. The Morgan fingerprint density at radius 2 is 1.74 bits per heavy atom. The maximum atomic E-state index is 4.04. The van der Waals surface area contributed by atoms with Crippen LogP contribution in [0.3, 0.4) is 0 Å². The van der Waals surface area contributed by atoms with Crippen molar-refractivity contribution in [3.05, 3.63) is 66.7 Å². The summed E-state index contributed by atoms with van der Waals surface area (Å²) < 4.78 is 2.28. The fraction of sp³-hybridized carbons (Fsp3) is 0.118. The molecule has 0 saturated carbocycles. The fourth-order valence-electron chi connectivity index (χ4n) is 2.39. The van der Waals surface area contributed by atoms with Crippen molar-refractivity contribution in [2.45, 2.75) is 13.5 Å². The quantitative estimate of drug-likeness (QED) is 0.539. The summed E-state index contributed by atoms with van der Waals surface area (Å²) in [6.07, 6.45) is 0. The van der Waals surface area contributed by atoms with Gasteiger partial charge in [-0.3, -0.25) is 0 Å². The monoisotopic (exact) mass is 249 g/mol. The van der Waals surface area contributed by atoms with Gasteiger partial charge in [0, 0.05) is 0 Å². The summed E-state index contributed by atoms with van der Waals surface area (Å²) in [7, 11) is 0. The summed E-state index contributed by atoms with van der Waals surface area (Å²) in [6.45, 7) is 6.92. The van der Waals surface area contributed by atoms with Crippen LogP contribution in [0, 0.1) is 0 Å². The van der Waals surface area contributed by atoms with E-state index in [0.29, 0.717) is 0 Å². The average Bonchev–Trinajstić information content (AvgIpc) is 2.78. The van der Waals surface area contributed by atoms with Crippen LogP contribution >= 0.6 is 0 Å². The lowest BCUT2D eigenvalue weighted by Crippen LogP contribution is -2.35. The van der Waals surface area contributed by atoms with Crippen molar-refractivity contribution in [3.8, 4) is 11.4 Å². The molecule has 0 aliphatic rings. The summed E-state index contributed by atoms with van der Waals surface area (Å²) >= 11 is 0. The maximum absolute atomic E-state index is 4.04. The first-order valence-electron chi connectivity index (χ1n) is 6.46. The van der Waals surface area contributed by atoms with E-state index in [-0.39, 0.29) is 0 Å². The van der Waals surface area contributed by atoms with Gasteiger partial charge >= 0.3 is 0 Å². The zero-order chi connectivity index (χ0) is 13.2. The van der Waals surface area contributed by atoms with Crippen LogP contribution in [0.25, 0.3) is 22.4 Å². The van der Waals surface area contributed by atoms with Crippen LogP contribution in [-0.2, 0) is 6.54 Å². The van der Waals surface area contributed by atoms with Crippen molar-refractivity contribution in [3.63, 3.8) is 0 Å². The molecule has 0 aliphatic carbocycles. The summed E-state index contributed by atoms with van der Waals surface area (Å²) in [4.78, 5) is 3.51. The van der Waals surface area contributed by atoms with E-state index < -0.39 is 0 Å². The Labute approximate surface area is 113 Å². The smallest absolute Gasteiger partial charge is 0.236 e. The number of nitrogens with one attached hydrogen (secondary N) is 1. The van der Waals surface area contributed by atoms with E-state index in [1.165, 1.54) is 11.1 Å². The Morgan fingerprint density at radius 3 is 2.47 bits per heavy atom. The molecule has 94 valence electrons. The van der Waals surface area contributed by atoms with E-state index in [1.54, 1.807) is 0 Å². The molecule has 3 rings (SSSR count). The van der Waals surface area contributed by atoms with Crippen LogP contribution in [0.5, 0.6) is 0 Å². The highest BCUT2D eigenvalue weighted by molar-refractivity contribution is 5.74. The number of imidazole rings is 1. The van der Waals surface area contributed by atoms with Gasteiger partial charge in [0.25, 0.3) is 5.82 Å². The second kappa shape index (κ2) is 4.73. The van der Waals surface area contributed by atoms with Gasteiger partial charge in [-0.25, -0.2) is 9.55 Å². The first-order chi connectivity index (χ1) is 9.25. The number of allylic oxidation sites excluding steroid dienone is 1. The fourth-order valence-corrected chi connectivity index (χ4v) is 2.39. The molecule has 0 bridgehead atoms. The van der Waals surface area contributed by atoms with E-state index in [9.17, 15) is 0 Å². The summed E-state index contributed by atoms with van der Waals surface area (Å²) in [5, 5.41) is 0. The molecular formula is C17H17N2+. The molecule has 3 aromatic rings. The zero-order valence-corrected chi connectivity index (χ0v) is 11.1. The third-order valence-corrected chi connectivity index (χ3v) is 3.19. The van der Waals surface area contributed by atoms with Gasteiger partial charge in [-0.15, -0.1) is 0 Å². The second-order valence-corrected chi connectivity index (χ2v) is 4.90. The summed E-state index contributed by atoms with van der Waals surface area (Å²) in [5.74, 6) is 1.13. The number of fused-ring (bicyclic) bond motifs is 1. The predicted molar refractivity (Wildman–Crippen MR) is 78.7 cm³/mol. The van der Waals surface area contributed by atoms with Crippen LogP contribution < -0.4 is 4.57 Å². The maximum Gasteiger partial charge on any atom is 0.287 e. The topological polar surface area (TPSA) is 19.7 Å². The highest BCUT2D eigenvalue weighted by Gasteiger charge is 2.19. The Hall–Kier alpha value is -2.35. The van der Waals surface area contributed by atoms with Gasteiger partial charge in [-0.2, -0.15) is 0 Å². The van der Waals surface area contributed by atoms with Crippen molar-refractivity contribution in [2.75, 3.05) is 0 Å². The highest BCUT2D eigenvalue weighted by Crippen LogP contribution is 2.18. The van der Waals surface area contributed by atoms with Crippen LogP contribution in [0.15, 0.2) is 66.7 Å². The lowest BCUT2D eigenvalue weighted by atomic mass is 10.2. The Bertz CT molecular complexity index is 723. The molecule has 2 heteroatoms. The van der Waals surface area contributed by atoms with Gasteiger partial charge in [0.15, 0.2) is 11.0 Å². The first kappa shape index (κ1) is 11.7.